The number of aromatic amines is 1. The molecule has 0 saturated heterocycles. The van der Waals surface area contributed by atoms with Crippen LogP contribution in [0, 0.1) is 5.82 Å². The van der Waals surface area contributed by atoms with E-state index >= 15 is 0 Å². The number of benzene rings is 2. The summed E-state index contributed by atoms with van der Waals surface area (Å²) < 4.78 is 14.9. The molecule has 1 aliphatic rings. The minimum atomic E-state index is -0.851. The lowest BCUT2D eigenvalue weighted by Gasteiger charge is -2.21. The summed E-state index contributed by atoms with van der Waals surface area (Å²) in [6, 6.07) is 15.4. The number of aromatic nitrogens is 3. The van der Waals surface area contributed by atoms with Crippen LogP contribution in [0.1, 0.15) is 30.8 Å². The van der Waals surface area contributed by atoms with E-state index in [0.717, 1.165) is 10.9 Å². The lowest BCUT2D eigenvalue weighted by atomic mass is 9.90. The van der Waals surface area contributed by atoms with Gasteiger partial charge in [0.2, 0.25) is 5.91 Å². The predicted molar refractivity (Wildman–Crippen MR) is 116 cm³/mol. The number of amides is 1. The Bertz CT molecular complexity index is 1410. The first-order chi connectivity index (χ1) is 14.9. The fourth-order valence-electron chi connectivity index (χ4n) is 4.13. The minimum Gasteiger partial charge on any atom is -0.275 e. The Morgan fingerprint density at radius 2 is 1.77 bits per heavy atom. The zero-order valence-corrected chi connectivity index (χ0v) is 17.0. The highest BCUT2D eigenvalue weighted by atomic mass is 19.1. The zero-order chi connectivity index (χ0) is 21.8. The largest absolute Gasteiger partial charge is 0.275 e. The van der Waals surface area contributed by atoms with Crippen LogP contribution >= 0.6 is 0 Å². The summed E-state index contributed by atoms with van der Waals surface area (Å²) in [7, 11) is 0. The smallest absolute Gasteiger partial charge is 0.272 e. The molecule has 0 unspecified atom stereocenters. The first-order valence-electron chi connectivity index (χ1n) is 9.92. The second-order valence-electron chi connectivity index (χ2n) is 8.14. The average molecular weight is 414 g/mol. The van der Waals surface area contributed by atoms with E-state index in [0.29, 0.717) is 28.9 Å². The molecular weight excluding hydrogens is 395 g/mol. The predicted octanol–water partition coefficient (Wildman–Crippen LogP) is 4.00. The Labute approximate surface area is 177 Å². The summed E-state index contributed by atoms with van der Waals surface area (Å²) in [5, 5.41) is 8.01. The van der Waals surface area contributed by atoms with Gasteiger partial charge in [0.1, 0.15) is 5.82 Å². The quantitative estimate of drug-likeness (QED) is 0.550. The van der Waals surface area contributed by atoms with Crippen molar-refractivity contribution < 1.29 is 9.18 Å². The van der Waals surface area contributed by atoms with E-state index in [1.807, 2.05) is 12.1 Å². The summed E-state index contributed by atoms with van der Waals surface area (Å²) in [6.45, 7) is 3.58. The molecule has 5 rings (SSSR count). The number of halogens is 1. The van der Waals surface area contributed by atoms with Crippen molar-refractivity contribution in [3.05, 3.63) is 93.9 Å². The van der Waals surface area contributed by atoms with E-state index < -0.39 is 11.2 Å². The molecule has 0 radical (unpaired) electrons. The molecule has 0 fully saturated rings. The van der Waals surface area contributed by atoms with Crippen LogP contribution in [0.2, 0.25) is 0 Å². The Morgan fingerprint density at radius 1 is 1.00 bits per heavy atom. The Morgan fingerprint density at radius 3 is 2.58 bits per heavy atom. The van der Waals surface area contributed by atoms with E-state index in [1.165, 1.54) is 11.0 Å². The summed E-state index contributed by atoms with van der Waals surface area (Å²) in [4.78, 5) is 31.0. The highest BCUT2D eigenvalue weighted by Gasteiger charge is 2.46. The molecule has 0 atom stereocenters. The third-order valence-electron chi connectivity index (χ3n) is 5.76. The molecule has 4 aromatic rings. The summed E-state index contributed by atoms with van der Waals surface area (Å²) in [6.07, 6.45) is 2.01. The van der Waals surface area contributed by atoms with Crippen LogP contribution < -0.4 is 10.5 Å². The summed E-state index contributed by atoms with van der Waals surface area (Å²) in [5.41, 5.74) is 1.71. The second-order valence-corrected chi connectivity index (χ2v) is 8.14. The van der Waals surface area contributed by atoms with Crippen molar-refractivity contribution in [2.45, 2.75) is 25.7 Å². The van der Waals surface area contributed by atoms with Gasteiger partial charge < -0.3 is 0 Å². The fourth-order valence-corrected chi connectivity index (χ4v) is 4.13. The molecular formula is C24H19FN4O2. The van der Waals surface area contributed by atoms with Gasteiger partial charge in [0.15, 0.2) is 0 Å². The van der Waals surface area contributed by atoms with Gasteiger partial charge in [-0.1, -0.05) is 24.3 Å². The molecule has 0 bridgehead atoms. The van der Waals surface area contributed by atoms with Gasteiger partial charge >= 0.3 is 0 Å². The Hall–Kier alpha value is -3.87. The molecule has 2 aromatic heterocycles. The van der Waals surface area contributed by atoms with Crippen molar-refractivity contribution in [1.29, 1.82) is 0 Å². The van der Waals surface area contributed by atoms with Crippen molar-refractivity contribution >= 4 is 28.1 Å². The molecule has 154 valence electrons. The van der Waals surface area contributed by atoms with Crippen LogP contribution in [0.15, 0.2) is 65.6 Å². The monoisotopic (exact) mass is 414 g/mol. The van der Waals surface area contributed by atoms with Crippen LogP contribution in [0.5, 0.6) is 0 Å². The topological polar surface area (TPSA) is 79.0 Å². The Balaban J connectivity index is 1.60. The van der Waals surface area contributed by atoms with Gasteiger partial charge in [0, 0.05) is 18.0 Å². The zero-order valence-electron chi connectivity index (χ0n) is 17.0. The maximum absolute atomic E-state index is 14.9. The second kappa shape index (κ2) is 6.84. The number of anilines is 2. The van der Waals surface area contributed by atoms with E-state index in [2.05, 4.69) is 15.2 Å². The van der Waals surface area contributed by atoms with Crippen LogP contribution in [-0.4, -0.2) is 21.1 Å². The molecule has 0 saturated carbocycles. The van der Waals surface area contributed by atoms with Crippen LogP contribution in [0.4, 0.5) is 15.8 Å². The number of rotatable bonds is 3. The highest BCUT2D eigenvalue weighted by Crippen LogP contribution is 2.44. The van der Waals surface area contributed by atoms with Crippen molar-refractivity contribution in [3.8, 4) is 0 Å². The molecule has 0 aliphatic carbocycles. The third-order valence-corrected chi connectivity index (χ3v) is 5.76. The maximum atomic E-state index is 14.9. The number of H-pyrrole nitrogens is 1. The molecule has 0 spiro atoms. The molecule has 3 heterocycles. The molecule has 31 heavy (non-hydrogen) atoms. The minimum absolute atomic E-state index is 0.177. The van der Waals surface area contributed by atoms with Crippen molar-refractivity contribution in [3.63, 3.8) is 0 Å². The van der Waals surface area contributed by atoms with E-state index in [-0.39, 0.29) is 17.2 Å². The van der Waals surface area contributed by atoms with E-state index in [1.54, 1.807) is 56.4 Å². The lowest BCUT2D eigenvalue weighted by Crippen LogP contribution is -2.33. The van der Waals surface area contributed by atoms with E-state index in [9.17, 15) is 14.0 Å². The molecule has 1 amide bonds. The van der Waals surface area contributed by atoms with Gasteiger partial charge in [-0.3, -0.25) is 19.5 Å². The Kier molecular flexibility index (Phi) is 4.22. The average Bonchev–Trinajstić information content (AvgIpc) is 2.98. The number of carbonyl (C=O) groups is 1. The number of fused-ring (bicyclic) bond motifs is 2. The van der Waals surface area contributed by atoms with Gasteiger partial charge in [-0.15, -0.1) is 0 Å². The van der Waals surface area contributed by atoms with Crippen molar-refractivity contribution in [2.75, 3.05) is 4.90 Å². The van der Waals surface area contributed by atoms with Gasteiger partial charge in [0.05, 0.1) is 33.6 Å². The summed E-state index contributed by atoms with van der Waals surface area (Å²) in [5.74, 6) is -0.728. The van der Waals surface area contributed by atoms with Crippen molar-refractivity contribution in [1.82, 2.24) is 15.2 Å². The number of carbonyl (C=O) groups excluding carboxylic acids is 1. The highest BCUT2D eigenvalue weighted by molar-refractivity contribution is 6.12. The van der Waals surface area contributed by atoms with Gasteiger partial charge in [-0.25, -0.2) is 9.49 Å². The first kappa shape index (κ1) is 19.1. The molecule has 7 heteroatoms. The maximum Gasteiger partial charge on any atom is 0.272 e. The number of hydrogen-bond acceptors (Lipinski definition) is 4. The van der Waals surface area contributed by atoms with Gasteiger partial charge in [-0.05, 0) is 49.7 Å². The van der Waals surface area contributed by atoms with Gasteiger partial charge in [0.25, 0.3) is 5.56 Å². The summed E-state index contributed by atoms with van der Waals surface area (Å²) >= 11 is 0. The number of hydrogen-bond donors (Lipinski definition) is 1. The van der Waals surface area contributed by atoms with E-state index in [4.69, 9.17) is 0 Å². The standard InChI is InChI=1S/C24H19FN4O2/c1-24(2)21-19(8-5-11-26-21)29(23(24)31)20-13-14(9-10-17(20)25)12-18-15-6-3-4-7-16(15)22(30)28-27-18/h3-11,13H,12H2,1-2H3,(H,28,30). The fraction of sp³-hybridized carbons (Fsp3) is 0.167. The molecule has 6 nitrogen and oxygen atoms in total. The normalized spacial score (nSPS) is 14.8. The number of pyridine rings is 1. The SMILES string of the molecule is CC1(C)C(=O)N(c2cc(Cc3n[nH]c(=O)c4ccccc34)ccc2F)c2cccnc21. The molecule has 2 aromatic carbocycles. The lowest BCUT2D eigenvalue weighted by molar-refractivity contribution is -0.121. The third kappa shape index (κ3) is 2.92. The number of nitrogens with one attached hydrogen (secondary N) is 1. The van der Waals surface area contributed by atoms with Gasteiger partial charge in [-0.2, -0.15) is 5.10 Å². The molecule has 1 N–H and O–H groups in total. The van der Waals surface area contributed by atoms with Crippen LogP contribution in [0.25, 0.3) is 10.8 Å². The van der Waals surface area contributed by atoms with Crippen molar-refractivity contribution in [2.24, 2.45) is 0 Å². The molecule has 1 aliphatic heterocycles. The van der Waals surface area contributed by atoms with Crippen LogP contribution in [-0.2, 0) is 16.6 Å². The van der Waals surface area contributed by atoms with Crippen LogP contribution in [0.3, 0.4) is 0 Å². The first-order valence-corrected chi connectivity index (χ1v) is 9.92. The number of nitrogens with zero attached hydrogens (tertiary/aromatic N) is 3.